The third kappa shape index (κ3) is 1.88. The van der Waals surface area contributed by atoms with Crippen LogP contribution in [0, 0.1) is 0 Å². The first kappa shape index (κ1) is 15.1. The van der Waals surface area contributed by atoms with Gasteiger partial charge < -0.3 is 4.40 Å². The summed E-state index contributed by atoms with van der Waals surface area (Å²) in [6.45, 7) is 0. The van der Waals surface area contributed by atoms with Gasteiger partial charge in [-0.05, 0) is 46.5 Å². The van der Waals surface area contributed by atoms with Crippen LogP contribution in [0.15, 0.2) is 97.2 Å². The second-order valence-corrected chi connectivity index (χ2v) is 7.66. The predicted octanol–water partition coefficient (Wildman–Crippen LogP) is 7.10. The Labute approximate surface area is 166 Å². The molecule has 7 aromatic rings. The summed E-state index contributed by atoms with van der Waals surface area (Å²) in [5, 5.41) is 8.89. The monoisotopic (exact) mass is 368 g/mol. The Kier molecular flexibility index (Phi) is 2.77. The van der Waals surface area contributed by atoms with Crippen LogP contribution in [0.2, 0.25) is 0 Å². The maximum Gasteiger partial charge on any atom is 0.0709 e. The van der Waals surface area contributed by atoms with E-state index in [1.165, 1.54) is 54.3 Å². The van der Waals surface area contributed by atoms with Crippen LogP contribution in [0.4, 0.5) is 0 Å². The predicted molar refractivity (Wildman–Crippen MR) is 123 cm³/mol. The summed E-state index contributed by atoms with van der Waals surface area (Å²) in [4.78, 5) is 4.61. The summed E-state index contributed by atoms with van der Waals surface area (Å²) in [7, 11) is 0. The largest absolute Gasteiger partial charge is 0.309 e. The lowest BCUT2D eigenvalue weighted by molar-refractivity contribution is 1.35. The lowest BCUT2D eigenvalue weighted by atomic mass is 10.0. The molecule has 3 heterocycles. The SMILES string of the molecule is c1ccc2c(c1)ccc1c2cc2c3c4cccnc4ccc3c3ccccc3n12. The van der Waals surface area contributed by atoms with E-state index in [4.69, 9.17) is 0 Å². The molecule has 134 valence electrons. The molecule has 4 aromatic carbocycles. The Hall–Kier alpha value is -3.91. The molecule has 7 rings (SSSR count). The molecular formula is C27H16N2. The number of para-hydroxylation sites is 1. The van der Waals surface area contributed by atoms with Crippen molar-refractivity contribution in [3.8, 4) is 0 Å². The third-order valence-electron chi connectivity index (χ3n) is 6.19. The zero-order valence-electron chi connectivity index (χ0n) is 15.6. The van der Waals surface area contributed by atoms with E-state index in [1.54, 1.807) is 0 Å². The van der Waals surface area contributed by atoms with Crippen LogP contribution in [0.3, 0.4) is 0 Å². The highest BCUT2D eigenvalue weighted by Gasteiger charge is 2.15. The highest BCUT2D eigenvalue weighted by Crippen LogP contribution is 2.38. The molecule has 0 saturated heterocycles. The van der Waals surface area contributed by atoms with Crippen molar-refractivity contribution in [2.75, 3.05) is 0 Å². The Balaban J connectivity index is 1.89. The molecule has 0 bridgehead atoms. The Morgan fingerprint density at radius 3 is 2.28 bits per heavy atom. The van der Waals surface area contributed by atoms with E-state index in [-0.39, 0.29) is 0 Å². The number of nitrogens with zero attached hydrogens (tertiary/aromatic N) is 2. The number of pyridine rings is 2. The number of benzene rings is 4. The highest BCUT2D eigenvalue weighted by molar-refractivity contribution is 6.25. The van der Waals surface area contributed by atoms with Crippen LogP contribution in [0.1, 0.15) is 0 Å². The molecule has 0 atom stereocenters. The summed E-state index contributed by atoms with van der Waals surface area (Å²) in [5.74, 6) is 0. The third-order valence-corrected chi connectivity index (χ3v) is 6.19. The molecule has 0 saturated carbocycles. The summed E-state index contributed by atoms with van der Waals surface area (Å²) in [6.07, 6.45) is 1.87. The van der Waals surface area contributed by atoms with Gasteiger partial charge in [0, 0.05) is 27.7 Å². The molecular weight excluding hydrogens is 352 g/mol. The van der Waals surface area contributed by atoms with E-state index >= 15 is 0 Å². The van der Waals surface area contributed by atoms with Gasteiger partial charge >= 0.3 is 0 Å². The second kappa shape index (κ2) is 5.33. The molecule has 0 amide bonds. The van der Waals surface area contributed by atoms with Gasteiger partial charge in [0.05, 0.1) is 22.1 Å². The van der Waals surface area contributed by atoms with Crippen LogP contribution in [0.5, 0.6) is 0 Å². The first-order valence-corrected chi connectivity index (χ1v) is 9.91. The Morgan fingerprint density at radius 1 is 0.517 bits per heavy atom. The van der Waals surface area contributed by atoms with Crippen LogP contribution >= 0.6 is 0 Å². The van der Waals surface area contributed by atoms with Crippen molar-refractivity contribution >= 4 is 59.8 Å². The molecule has 3 aromatic heterocycles. The maximum absolute atomic E-state index is 4.61. The number of aromatic nitrogens is 2. The summed E-state index contributed by atoms with van der Waals surface area (Å²) < 4.78 is 2.42. The molecule has 0 aliphatic heterocycles. The van der Waals surface area contributed by atoms with E-state index in [0.29, 0.717) is 0 Å². The standard InChI is InChI=1S/C27H16N2/c1-2-7-18-17(6-1)11-14-25-22(18)16-26-27-20(12-13-23-21(27)9-5-15-28-23)19-8-3-4-10-24(19)29(25)26/h1-16H. The van der Waals surface area contributed by atoms with Gasteiger partial charge in [0.1, 0.15) is 0 Å². The van der Waals surface area contributed by atoms with Crippen molar-refractivity contribution in [3.05, 3.63) is 97.2 Å². The van der Waals surface area contributed by atoms with Gasteiger partial charge in [-0.3, -0.25) is 4.98 Å². The molecule has 29 heavy (non-hydrogen) atoms. The zero-order valence-corrected chi connectivity index (χ0v) is 15.6. The number of hydrogen-bond acceptors (Lipinski definition) is 1. The minimum atomic E-state index is 1.03. The molecule has 0 aliphatic rings. The van der Waals surface area contributed by atoms with E-state index in [9.17, 15) is 0 Å². The molecule has 2 nitrogen and oxygen atoms in total. The van der Waals surface area contributed by atoms with E-state index in [0.717, 1.165) is 5.52 Å². The summed E-state index contributed by atoms with van der Waals surface area (Å²) in [6, 6.07) is 32.8. The minimum Gasteiger partial charge on any atom is -0.309 e. The Morgan fingerprint density at radius 2 is 1.31 bits per heavy atom. The molecule has 0 radical (unpaired) electrons. The van der Waals surface area contributed by atoms with Crippen LogP contribution in [0.25, 0.3) is 59.8 Å². The van der Waals surface area contributed by atoms with E-state index < -0.39 is 0 Å². The van der Waals surface area contributed by atoms with Gasteiger partial charge in [-0.25, -0.2) is 0 Å². The topological polar surface area (TPSA) is 17.3 Å². The van der Waals surface area contributed by atoms with Crippen LogP contribution in [-0.2, 0) is 0 Å². The minimum absolute atomic E-state index is 1.03. The maximum atomic E-state index is 4.61. The van der Waals surface area contributed by atoms with Crippen LogP contribution < -0.4 is 0 Å². The lowest BCUT2D eigenvalue weighted by Gasteiger charge is -2.12. The van der Waals surface area contributed by atoms with Crippen molar-refractivity contribution < 1.29 is 0 Å². The second-order valence-electron chi connectivity index (χ2n) is 7.66. The lowest BCUT2D eigenvalue weighted by Crippen LogP contribution is -1.92. The van der Waals surface area contributed by atoms with Crippen molar-refractivity contribution in [1.29, 1.82) is 0 Å². The average molecular weight is 368 g/mol. The van der Waals surface area contributed by atoms with Gasteiger partial charge in [-0.15, -0.1) is 0 Å². The molecule has 0 aliphatic carbocycles. The highest BCUT2D eigenvalue weighted by atomic mass is 14.9. The number of hydrogen-bond donors (Lipinski definition) is 0. The van der Waals surface area contributed by atoms with Gasteiger partial charge in [-0.1, -0.05) is 60.7 Å². The quantitative estimate of drug-likeness (QED) is 0.261. The molecule has 0 N–H and O–H groups in total. The summed E-state index contributed by atoms with van der Waals surface area (Å²) in [5.41, 5.74) is 4.76. The van der Waals surface area contributed by atoms with Gasteiger partial charge in [0.2, 0.25) is 0 Å². The summed E-state index contributed by atoms with van der Waals surface area (Å²) >= 11 is 0. The molecule has 0 unspecified atom stereocenters. The van der Waals surface area contributed by atoms with E-state index in [2.05, 4.69) is 94.3 Å². The fourth-order valence-corrected chi connectivity index (χ4v) is 4.95. The molecule has 0 spiro atoms. The van der Waals surface area contributed by atoms with Crippen molar-refractivity contribution in [1.82, 2.24) is 9.38 Å². The Bertz CT molecular complexity index is 1760. The normalized spacial score (nSPS) is 12.1. The van der Waals surface area contributed by atoms with Gasteiger partial charge in [0.15, 0.2) is 0 Å². The molecule has 2 heteroatoms. The number of fused-ring (bicyclic) bond motifs is 12. The first-order chi connectivity index (χ1) is 14.4. The van der Waals surface area contributed by atoms with Crippen molar-refractivity contribution in [2.24, 2.45) is 0 Å². The van der Waals surface area contributed by atoms with E-state index in [1.807, 2.05) is 12.3 Å². The fourth-order valence-electron chi connectivity index (χ4n) is 4.95. The van der Waals surface area contributed by atoms with Crippen molar-refractivity contribution in [2.45, 2.75) is 0 Å². The van der Waals surface area contributed by atoms with Gasteiger partial charge in [-0.2, -0.15) is 0 Å². The fraction of sp³-hybridized carbons (Fsp3) is 0. The molecule has 0 fully saturated rings. The first-order valence-electron chi connectivity index (χ1n) is 9.91. The van der Waals surface area contributed by atoms with Crippen LogP contribution in [-0.4, -0.2) is 9.38 Å². The van der Waals surface area contributed by atoms with Gasteiger partial charge in [0.25, 0.3) is 0 Å². The average Bonchev–Trinajstić information content (AvgIpc) is 3.19. The smallest absolute Gasteiger partial charge is 0.0709 e. The zero-order chi connectivity index (χ0) is 18.9. The number of rotatable bonds is 0. The van der Waals surface area contributed by atoms with Crippen molar-refractivity contribution in [3.63, 3.8) is 0 Å².